The van der Waals surface area contributed by atoms with Gasteiger partial charge >= 0.3 is 0 Å². The summed E-state index contributed by atoms with van der Waals surface area (Å²) in [5.41, 5.74) is 0. The first-order valence-corrected chi connectivity index (χ1v) is 5.64. The Hall–Kier alpha value is -0.610. The van der Waals surface area contributed by atoms with E-state index in [1.54, 1.807) is 0 Å². The summed E-state index contributed by atoms with van der Waals surface area (Å²) in [6.45, 7) is 2.03. The van der Waals surface area contributed by atoms with Crippen LogP contribution in [0.1, 0.15) is 12.8 Å². The van der Waals surface area contributed by atoms with Gasteiger partial charge in [-0.3, -0.25) is 0 Å². The Labute approximate surface area is 92.0 Å². The maximum Gasteiger partial charge on any atom is 0.214 e. The van der Waals surface area contributed by atoms with Crippen molar-refractivity contribution in [2.24, 2.45) is 0 Å². The molecule has 0 saturated carbocycles. The molecule has 1 unspecified atom stereocenters. The number of hydrogen-bond donors (Lipinski definition) is 1. The van der Waals surface area contributed by atoms with Gasteiger partial charge in [-0.15, -0.1) is 0 Å². The quantitative estimate of drug-likeness (QED) is 0.822. The Balaban J connectivity index is 1.95. The topological polar surface area (TPSA) is 34.1 Å². The van der Waals surface area contributed by atoms with E-state index in [9.17, 15) is 0 Å². The first kappa shape index (κ1) is 9.93. The number of rotatable bonds is 2. The van der Waals surface area contributed by atoms with E-state index in [4.69, 9.17) is 4.74 Å². The zero-order valence-corrected chi connectivity index (χ0v) is 9.46. The second kappa shape index (κ2) is 4.75. The maximum absolute atomic E-state index is 5.73. The van der Waals surface area contributed by atoms with Gasteiger partial charge in [0, 0.05) is 12.6 Å². The first-order chi connectivity index (χ1) is 6.84. The van der Waals surface area contributed by atoms with Crippen LogP contribution >= 0.6 is 15.9 Å². The zero-order valence-electron chi connectivity index (χ0n) is 7.87. The summed E-state index contributed by atoms with van der Waals surface area (Å²) in [5, 5.41) is 3.31. The van der Waals surface area contributed by atoms with E-state index >= 15 is 0 Å². The molecule has 0 aliphatic carbocycles. The molecule has 0 bridgehead atoms. The molecule has 2 rings (SSSR count). The largest absolute Gasteiger partial charge is 0.473 e. The van der Waals surface area contributed by atoms with E-state index in [0.717, 1.165) is 24.1 Å². The molecule has 0 aromatic carbocycles. The lowest BCUT2D eigenvalue weighted by atomic mass is 10.1. The Morgan fingerprint density at radius 3 is 3.14 bits per heavy atom. The van der Waals surface area contributed by atoms with Crippen molar-refractivity contribution >= 4 is 15.9 Å². The SMILES string of the molecule is Brc1cccc(OC2CCCNC2)n1. The zero-order chi connectivity index (χ0) is 9.80. The van der Waals surface area contributed by atoms with Crippen molar-refractivity contribution in [3.63, 3.8) is 0 Å². The van der Waals surface area contributed by atoms with Crippen LogP contribution in [-0.2, 0) is 0 Å². The predicted octanol–water partition coefficient (Wildman–Crippen LogP) is 1.97. The summed E-state index contributed by atoms with van der Waals surface area (Å²) in [6.07, 6.45) is 2.56. The van der Waals surface area contributed by atoms with Gasteiger partial charge in [-0.25, -0.2) is 4.98 Å². The van der Waals surface area contributed by atoms with Crippen LogP contribution in [0.3, 0.4) is 0 Å². The van der Waals surface area contributed by atoms with Gasteiger partial charge in [-0.2, -0.15) is 0 Å². The summed E-state index contributed by atoms with van der Waals surface area (Å²) >= 11 is 3.32. The van der Waals surface area contributed by atoms with Crippen molar-refractivity contribution in [1.82, 2.24) is 10.3 Å². The third kappa shape index (κ3) is 2.69. The molecule has 1 aliphatic rings. The van der Waals surface area contributed by atoms with E-state index in [-0.39, 0.29) is 6.10 Å². The molecular formula is C10H13BrN2O. The number of ether oxygens (including phenoxy) is 1. The van der Waals surface area contributed by atoms with Gasteiger partial charge in [0.25, 0.3) is 0 Å². The fourth-order valence-corrected chi connectivity index (χ4v) is 1.87. The number of halogens is 1. The molecule has 0 radical (unpaired) electrons. The number of hydrogen-bond acceptors (Lipinski definition) is 3. The van der Waals surface area contributed by atoms with Crippen molar-refractivity contribution in [1.29, 1.82) is 0 Å². The lowest BCUT2D eigenvalue weighted by Gasteiger charge is -2.23. The lowest BCUT2D eigenvalue weighted by molar-refractivity contribution is 0.160. The third-order valence-electron chi connectivity index (χ3n) is 2.23. The van der Waals surface area contributed by atoms with Gasteiger partial charge in [0.15, 0.2) is 0 Å². The van der Waals surface area contributed by atoms with Crippen LogP contribution in [0, 0.1) is 0 Å². The summed E-state index contributed by atoms with van der Waals surface area (Å²) in [5.74, 6) is 0.702. The van der Waals surface area contributed by atoms with E-state index in [1.807, 2.05) is 18.2 Å². The number of nitrogens with one attached hydrogen (secondary N) is 1. The Morgan fingerprint density at radius 2 is 2.43 bits per heavy atom. The predicted molar refractivity (Wildman–Crippen MR) is 58.5 cm³/mol. The minimum Gasteiger partial charge on any atom is -0.473 e. The Morgan fingerprint density at radius 1 is 1.50 bits per heavy atom. The fourth-order valence-electron chi connectivity index (χ4n) is 1.55. The number of piperidine rings is 1. The molecule has 0 spiro atoms. The van der Waals surface area contributed by atoms with Gasteiger partial charge in [0.1, 0.15) is 10.7 Å². The molecule has 4 heteroatoms. The van der Waals surface area contributed by atoms with Crippen molar-refractivity contribution in [2.45, 2.75) is 18.9 Å². The van der Waals surface area contributed by atoms with E-state index < -0.39 is 0 Å². The Bertz CT molecular complexity index is 300. The van der Waals surface area contributed by atoms with Crippen LogP contribution in [-0.4, -0.2) is 24.2 Å². The standard InChI is InChI=1S/C10H13BrN2O/c11-9-4-1-5-10(13-9)14-8-3-2-6-12-7-8/h1,4-5,8,12H,2-3,6-7H2. The molecule has 14 heavy (non-hydrogen) atoms. The maximum atomic E-state index is 5.73. The molecule has 1 N–H and O–H groups in total. The third-order valence-corrected chi connectivity index (χ3v) is 2.67. The minimum atomic E-state index is 0.269. The monoisotopic (exact) mass is 256 g/mol. The highest BCUT2D eigenvalue weighted by molar-refractivity contribution is 9.10. The van der Waals surface area contributed by atoms with Gasteiger partial charge in [-0.1, -0.05) is 6.07 Å². The van der Waals surface area contributed by atoms with Crippen LogP contribution in [0.25, 0.3) is 0 Å². The van der Waals surface area contributed by atoms with Crippen LogP contribution in [0.4, 0.5) is 0 Å². The summed E-state index contributed by atoms with van der Waals surface area (Å²) in [7, 11) is 0. The highest BCUT2D eigenvalue weighted by Crippen LogP contribution is 2.15. The van der Waals surface area contributed by atoms with E-state index in [0.29, 0.717) is 5.88 Å². The molecule has 1 fully saturated rings. The van der Waals surface area contributed by atoms with Crippen LogP contribution < -0.4 is 10.1 Å². The molecule has 1 atom stereocenters. The fraction of sp³-hybridized carbons (Fsp3) is 0.500. The van der Waals surface area contributed by atoms with Gasteiger partial charge in [-0.05, 0) is 41.4 Å². The summed E-state index contributed by atoms with van der Waals surface area (Å²) in [4.78, 5) is 4.23. The van der Waals surface area contributed by atoms with Crippen LogP contribution in [0.15, 0.2) is 22.8 Å². The molecule has 1 aromatic rings. The highest BCUT2D eigenvalue weighted by Gasteiger charge is 2.14. The van der Waals surface area contributed by atoms with E-state index in [2.05, 4.69) is 26.2 Å². The molecule has 1 aromatic heterocycles. The Kier molecular flexibility index (Phi) is 3.37. The minimum absolute atomic E-state index is 0.269. The highest BCUT2D eigenvalue weighted by atomic mass is 79.9. The number of pyridine rings is 1. The average molecular weight is 257 g/mol. The molecule has 0 amide bonds. The van der Waals surface area contributed by atoms with Crippen molar-refractivity contribution < 1.29 is 4.74 Å². The molecule has 76 valence electrons. The van der Waals surface area contributed by atoms with Crippen molar-refractivity contribution in [2.75, 3.05) is 13.1 Å². The first-order valence-electron chi connectivity index (χ1n) is 4.84. The van der Waals surface area contributed by atoms with Gasteiger partial charge in [0.2, 0.25) is 5.88 Å². The van der Waals surface area contributed by atoms with Gasteiger partial charge in [0.05, 0.1) is 0 Å². The molecule has 1 saturated heterocycles. The summed E-state index contributed by atoms with van der Waals surface area (Å²) in [6, 6.07) is 5.72. The van der Waals surface area contributed by atoms with Crippen LogP contribution in [0.2, 0.25) is 0 Å². The molecular weight excluding hydrogens is 244 g/mol. The second-order valence-corrected chi connectivity index (χ2v) is 4.20. The summed E-state index contributed by atoms with van der Waals surface area (Å²) < 4.78 is 6.55. The second-order valence-electron chi connectivity index (χ2n) is 3.38. The normalized spacial score (nSPS) is 21.9. The number of nitrogens with zero attached hydrogens (tertiary/aromatic N) is 1. The van der Waals surface area contributed by atoms with Crippen molar-refractivity contribution in [3.05, 3.63) is 22.8 Å². The number of aromatic nitrogens is 1. The lowest BCUT2D eigenvalue weighted by Crippen LogP contribution is -2.37. The average Bonchev–Trinajstić information content (AvgIpc) is 2.19. The van der Waals surface area contributed by atoms with E-state index in [1.165, 1.54) is 6.42 Å². The smallest absolute Gasteiger partial charge is 0.214 e. The van der Waals surface area contributed by atoms with Gasteiger partial charge < -0.3 is 10.1 Å². The molecule has 3 nitrogen and oxygen atoms in total. The van der Waals surface area contributed by atoms with Crippen LogP contribution in [0.5, 0.6) is 5.88 Å². The van der Waals surface area contributed by atoms with Crippen molar-refractivity contribution in [3.8, 4) is 5.88 Å². The molecule has 2 heterocycles. The molecule has 1 aliphatic heterocycles.